The van der Waals surface area contributed by atoms with Crippen LogP contribution in [0.1, 0.15) is 55.5 Å². The van der Waals surface area contributed by atoms with Crippen LogP contribution in [0.2, 0.25) is 0 Å². The Kier molecular flexibility index (Phi) is 9.21. The van der Waals surface area contributed by atoms with Gasteiger partial charge in [0.25, 0.3) is 0 Å². The van der Waals surface area contributed by atoms with E-state index in [1.807, 2.05) is 6.20 Å². The molecule has 7 heteroatoms. The normalized spacial score (nSPS) is 16.2. The molecule has 31 heavy (non-hydrogen) atoms. The Bertz CT molecular complexity index is 795. The molecule has 0 aliphatic carbocycles. The molecule has 170 valence electrons. The summed E-state index contributed by atoms with van der Waals surface area (Å²) in [4.78, 5) is 7.55. The van der Waals surface area contributed by atoms with Crippen LogP contribution in [-0.4, -0.2) is 60.9 Å². The minimum Gasteiger partial charge on any atom is -0.497 e. The Morgan fingerprint density at radius 3 is 2.61 bits per heavy atom. The van der Waals surface area contributed by atoms with E-state index < -0.39 is 0 Å². The van der Waals surface area contributed by atoms with Crippen molar-refractivity contribution >= 4 is 5.96 Å². The predicted molar refractivity (Wildman–Crippen MR) is 127 cm³/mol. The summed E-state index contributed by atoms with van der Waals surface area (Å²) in [6.07, 6.45) is 7.84. The minimum atomic E-state index is 0.287. The Hall–Kier alpha value is -2.54. The molecule has 1 fully saturated rings. The molecule has 1 unspecified atom stereocenters. The van der Waals surface area contributed by atoms with Gasteiger partial charge in [-0.05, 0) is 75.9 Å². The van der Waals surface area contributed by atoms with Gasteiger partial charge in [-0.3, -0.25) is 15.0 Å². The van der Waals surface area contributed by atoms with Crippen molar-refractivity contribution in [3.8, 4) is 5.75 Å². The Morgan fingerprint density at radius 2 is 1.97 bits per heavy atom. The van der Waals surface area contributed by atoms with Gasteiger partial charge in [0.2, 0.25) is 0 Å². The summed E-state index contributed by atoms with van der Waals surface area (Å²) in [6, 6.07) is 8.76. The molecule has 0 amide bonds. The fraction of sp³-hybridized carbons (Fsp3) is 0.583. The number of likely N-dealkylation sites (tertiary alicyclic amines) is 1. The van der Waals surface area contributed by atoms with Crippen molar-refractivity contribution in [1.29, 1.82) is 0 Å². The highest BCUT2D eigenvalue weighted by Crippen LogP contribution is 2.26. The number of hydrogen-bond acceptors (Lipinski definition) is 4. The van der Waals surface area contributed by atoms with Gasteiger partial charge in [-0.15, -0.1) is 0 Å². The van der Waals surface area contributed by atoms with E-state index >= 15 is 0 Å². The number of benzene rings is 1. The van der Waals surface area contributed by atoms with E-state index in [1.165, 1.54) is 30.4 Å². The summed E-state index contributed by atoms with van der Waals surface area (Å²) in [6.45, 7) is 8.93. The maximum atomic E-state index is 5.35. The number of H-pyrrole nitrogens is 1. The molecule has 1 atom stereocenters. The molecule has 1 aliphatic heterocycles. The van der Waals surface area contributed by atoms with Crippen molar-refractivity contribution in [1.82, 2.24) is 25.7 Å². The lowest BCUT2D eigenvalue weighted by Crippen LogP contribution is -2.40. The van der Waals surface area contributed by atoms with Crippen molar-refractivity contribution in [3.05, 3.63) is 47.3 Å². The Morgan fingerprint density at radius 1 is 1.19 bits per heavy atom. The van der Waals surface area contributed by atoms with Crippen molar-refractivity contribution < 1.29 is 4.74 Å². The zero-order valence-corrected chi connectivity index (χ0v) is 19.3. The van der Waals surface area contributed by atoms with Crippen LogP contribution in [0, 0.1) is 6.92 Å². The number of ether oxygens (including phenoxy) is 1. The first-order chi connectivity index (χ1) is 15.2. The topological polar surface area (TPSA) is 77.6 Å². The standard InChI is InChI=1S/C24H38N6O/c1-4-25-24(26-14-8-9-21-17-28-29-19(21)2)27-18-23(30-15-6-5-7-16-30)20-10-12-22(31-3)13-11-20/h10-13,17,23H,4-9,14-16,18H2,1-3H3,(H,28,29)(H2,25,26,27). The lowest BCUT2D eigenvalue weighted by molar-refractivity contribution is 0.167. The van der Waals surface area contributed by atoms with Crippen LogP contribution in [0.25, 0.3) is 0 Å². The third-order valence-corrected chi connectivity index (χ3v) is 5.95. The van der Waals surface area contributed by atoms with Crippen LogP contribution in [-0.2, 0) is 6.42 Å². The maximum absolute atomic E-state index is 5.35. The summed E-state index contributed by atoms with van der Waals surface area (Å²) in [7, 11) is 1.71. The van der Waals surface area contributed by atoms with E-state index in [0.717, 1.165) is 63.0 Å². The van der Waals surface area contributed by atoms with Gasteiger partial charge in [0.1, 0.15) is 5.75 Å². The molecule has 0 radical (unpaired) electrons. The zero-order chi connectivity index (χ0) is 21.9. The smallest absolute Gasteiger partial charge is 0.191 e. The molecular weight excluding hydrogens is 388 g/mol. The van der Waals surface area contributed by atoms with Crippen LogP contribution in [0.5, 0.6) is 5.75 Å². The summed E-state index contributed by atoms with van der Waals surface area (Å²) in [5.74, 6) is 1.79. The number of rotatable bonds is 10. The average molecular weight is 427 g/mol. The predicted octanol–water partition coefficient (Wildman–Crippen LogP) is 3.44. The van der Waals surface area contributed by atoms with Crippen LogP contribution in [0.15, 0.2) is 35.5 Å². The van der Waals surface area contributed by atoms with Crippen molar-refractivity contribution in [3.63, 3.8) is 0 Å². The lowest BCUT2D eigenvalue weighted by Gasteiger charge is -2.34. The summed E-state index contributed by atoms with van der Waals surface area (Å²) >= 11 is 0. The molecule has 3 rings (SSSR count). The van der Waals surface area contributed by atoms with E-state index in [-0.39, 0.29) is 6.04 Å². The second-order valence-electron chi connectivity index (χ2n) is 8.16. The van der Waals surface area contributed by atoms with Crippen molar-refractivity contribution in [2.24, 2.45) is 4.99 Å². The van der Waals surface area contributed by atoms with Gasteiger partial charge in [-0.1, -0.05) is 18.6 Å². The van der Waals surface area contributed by atoms with E-state index in [1.54, 1.807) is 7.11 Å². The van der Waals surface area contributed by atoms with Gasteiger partial charge in [-0.25, -0.2) is 0 Å². The second kappa shape index (κ2) is 12.3. The number of hydrogen-bond donors (Lipinski definition) is 3. The van der Waals surface area contributed by atoms with E-state index in [0.29, 0.717) is 0 Å². The molecule has 0 bridgehead atoms. The van der Waals surface area contributed by atoms with Crippen LogP contribution in [0.4, 0.5) is 0 Å². The molecule has 3 N–H and O–H groups in total. The molecular formula is C24H38N6O. The van der Waals surface area contributed by atoms with Crippen LogP contribution in [0.3, 0.4) is 0 Å². The van der Waals surface area contributed by atoms with Gasteiger partial charge in [-0.2, -0.15) is 5.10 Å². The van der Waals surface area contributed by atoms with Gasteiger partial charge < -0.3 is 15.4 Å². The van der Waals surface area contributed by atoms with E-state index in [2.05, 4.69) is 63.8 Å². The number of aromatic amines is 1. The monoisotopic (exact) mass is 426 g/mol. The number of piperidine rings is 1. The largest absolute Gasteiger partial charge is 0.497 e. The first kappa shape index (κ1) is 23.1. The third-order valence-electron chi connectivity index (χ3n) is 5.95. The quantitative estimate of drug-likeness (QED) is 0.308. The summed E-state index contributed by atoms with van der Waals surface area (Å²) in [5.41, 5.74) is 3.75. The van der Waals surface area contributed by atoms with Crippen molar-refractivity contribution in [2.45, 2.75) is 52.0 Å². The average Bonchev–Trinajstić information content (AvgIpc) is 3.22. The summed E-state index contributed by atoms with van der Waals surface area (Å²) in [5, 5.41) is 14.0. The molecule has 1 saturated heterocycles. The van der Waals surface area contributed by atoms with Gasteiger partial charge in [0.05, 0.1) is 25.9 Å². The SMILES string of the molecule is CCNC(=NCC(c1ccc(OC)cc1)N1CCCCC1)NCCCc1cn[nH]c1C. The fourth-order valence-electron chi connectivity index (χ4n) is 4.12. The molecule has 0 spiro atoms. The van der Waals surface area contributed by atoms with E-state index in [4.69, 9.17) is 9.73 Å². The highest BCUT2D eigenvalue weighted by atomic mass is 16.5. The number of nitrogens with zero attached hydrogens (tertiary/aromatic N) is 3. The number of nitrogens with one attached hydrogen (secondary N) is 3. The molecule has 2 heterocycles. The molecule has 1 aromatic heterocycles. The number of methoxy groups -OCH3 is 1. The first-order valence-electron chi connectivity index (χ1n) is 11.6. The number of aryl methyl sites for hydroxylation is 2. The fourth-order valence-corrected chi connectivity index (χ4v) is 4.12. The van der Waals surface area contributed by atoms with Gasteiger partial charge in [0.15, 0.2) is 5.96 Å². The molecule has 2 aromatic rings. The molecule has 0 saturated carbocycles. The van der Waals surface area contributed by atoms with Gasteiger partial charge >= 0.3 is 0 Å². The highest BCUT2D eigenvalue weighted by molar-refractivity contribution is 5.79. The van der Waals surface area contributed by atoms with E-state index in [9.17, 15) is 0 Å². The van der Waals surface area contributed by atoms with Crippen molar-refractivity contribution in [2.75, 3.05) is 39.8 Å². The van der Waals surface area contributed by atoms with Crippen LogP contribution < -0.4 is 15.4 Å². The second-order valence-corrected chi connectivity index (χ2v) is 8.16. The zero-order valence-electron chi connectivity index (χ0n) is 19.3. The summed E-state index contributed by atoms with van der Waals surface area (Å²) < 4.78 is 5.35. The minimum absolute atomic E-state index is 0.287. The Balaban J connectivity index is 1.62. The highest BCUT2D eigenvalue weighted by Gasteiger charge is 2.22. The van der Waals surface area contributed by atoms with Crippen LogP contribution >= 0.6 is 0 Å². The molecule has 7 nitrogen and oxygen atoms in total. The number of guanidine groups is 1. The maximum Gasteiger partial charge on any atom is 0.191 e. The molecule has 1 aromatic carbocycles. The van der Waals surface area contributed by atoms with Gasteiger partial charge in [0, 0.05) is 18.8 Å². The molecule has 1 aliphatic rings. The number of aliphatic imine (C=N–C) groups is 1. The Labute approximate surface area is 186 Å². The number of aromatic nitrogens is 2. The lowest BCUT2D eigenvalue weighted by atomic mass is 10.0. The third kappa shape index (κ3) is 6.99. The first-order valence-corrected chi connectivity index (χ1v) is 11.6.